The van der Waals surface area contributed by atoms with Crippen molar-refractivity contribution in [2.75, 3.05) is 0 Å². The van der Waals surface area contributed by atoms with Gasteiger partial charge in [-0.15, -0.1) is 0 Å². The van der Waals surface area contributed by atoms with Gasteiger partial charge < -0.3 is 0 Å². The molecule has 0 rings (SSSR count). The molecule has 0 aromatic carbocycles. The van der Waals surface area contributed by atoms with E-state index < -0.39 is 0 Å². The number of hydrogen-bond acceptors (Lipinski definition) is 2. The lowest BCUT2D eigenvalue weighted by Crippen LogP contribution is -2.30. The topological polar surface area (TPSA) is 41.6 Å². The van der Waals surface area contributed by atoms with Crippen molar-refractivity contribution in [1.82, 2.24) is 5.01 Å². The van der Waals surface area contributed by atoms with Crippen LogP contribution in [0.15, 0.2) is 41.7 Å². The number of nitrogens with two attached hydrogens (primary N) is 1. The van der Waals surface area contributed by atoms with Crippen LogP contribution in [0.4, 0.5) is 0 Å². The third-order valence-corrected chi connectivity index (χ3v) is 1.20. The van der Waals surface area contributed by atoms with Crippen LogP contribution in [0.25, 0.3) is 0 Å². The largest absolute Gasteiger partial charge is 0.270 e. The highest BCUT2D eigenvalue weighted by Gasteiger charge is 1.97. The average molecular weight is 179 g/mol. The van der Waals surface area contributed by atoms with E-state index in [-0.39, 0.29) is 0 Å². The summed E-state index contributed by atoms with van der Waals surface area (Å²) >= 11 is 0. The molecule has 13 heavy (non-hydrogen) atoms. The van der Waals surface area contributed by atoms with Crippen molar-refractivity contribution in [1.29, 1.82) is 0 Å². The predicted molar refractivity (Wildman–Crippen MR) is 57.9 cm³/mol. The van der Waals surface area contributed by atoms with Crippen LogP contribution in [0.2, 0.25) is 0 Å². The van der Waals surface area contributed by atoms with Gasteiger partial charge in [-0.3, -0.25) is 5.01 Å². The van der Waals surface area contributed by atoms with E-state index in [1.807, 2.05) is 39.0 Å². The van der Waals surface area contributed by atoms with Gasteiger partial charge in [-0.05, 0) is 26.8 Å². The second kappa shape index (κ2) is 6.20. The Morgan fingerprint density at radius 1 is 1.38 bits per heavy atom. The first-order chi connectivity index (χ1) is 6.11. The van der Waals surface area contributed by atoms with Gasteiger partial charge in [0.15, 0.2) is 0 Å². The highest BCUT2D eigenvalue weighted by molar-refractivity contribution is 5.93. The predicted octanol–water partition coefficient (Wildman–Crippen LogP) is 2.20. The molecule has 0 heterocycles. The molecule has 0 radical (unpaired) electrons. The Morgan fingerprint density at radius 3 is 2.38 bits per heavy atom. The minimum atomic E-state index is 0.674. The molecule has 0 amide bonds. The molecule has 0 aliphatic rings. The molecular weight excluding hydrogens is 162 g/mol. The summed E-state index contributed by atoms with van der Waals surface area (Å²) in [5.74, 6) is 6.36. The third kappa shape index (κ3) is 4.98. The minimum absolute atomic E-state index is 0.674. The molecule has 0 saturated carbocycles. The molecule has 0 aliphatic heterocycles. The maximum absolute atomic E-state index is 5.69. The minimum Gasteiger partial charge on any atom is -0.270 e. The molecule has 0 fully saturated rings. The van der Waals surface area contributed by atoms with E-state index in [2.05, 4.69) is 11.6 Å². The second-order valence-corrected chi connectivity index (χ2v) is 2.59. The van der Waals surface area contributed by atoms with Crippen molar-refractivity contribution in [2.24, 2.45) is 10.8 Å². The molecule has 3 nitrogen and oxygen atoms in total. The summed E-state index contributed by atoms with van der Waals surface area (Å²) < 4.78 is 0. The van der Waals surface area contributed by atoms with E-state index in [0.29, 0.717) is 5.84 Å². The van der Waals surface area contributed by atoms with Gasteiger partial charge >= 0.3 is 0 Å². The van der Waals surface area contributed by atoms with Gasteiger partial charge in [0.2, 0.25) is 0 Å². The molecule has 72 valence electrons. The van der Waals surface area contributed by atoms with E-state index in [9.17, 15) is 0 Å². The number of aliphatic imine (C=N–C) groups is 1. The SMILES string of the molecule is C=C(C)N=C(/C=C\C)N(N)/C=C\C. The second-order valence-electron chi connectivity index (χ2n) is 2.59. The first-order valence-corrected chi connectivity index (χ1v) is 4.15. The molecule has 2 N–H and O–H groups in total. The molecule has 0 aliphatic carbocycles. The van der Waals surface area contributed by atoms with Gasteiger partial charge in [0.05, 0.1) is 0 Å². The lowest BCUT2D eigenvalue weighted by molar-refractivity contribution is 0.598. The van der Waals surface area contributed by atoms with Crippen LogP contribution < -0.4 is 5.84 Å². The summed E-state index contributed by atoms with van der Waals surface area (Å²) in [4.78, 5) is 4.17. The number of rotatable bonds is 3. The first kappa shape index (κ1) is 11.6. The van der Waals surface area contributed by atoms with Crippen LogP contribution in [0.5, 0.6) is 0 Å². The molecule has 0 saturated heterocycles. The van der Waals surface area contributed by atoms with Gasteiger partial charge in [0.25, 0.3) is 0 Å². The Labute approximate surface area is 79.9 Å². The summed E-state index contributed by atoms with van der Waals surface area (Å²) in [7, 11) is 0. The van der Waals surface area contributed by atoms with E-state index in [1.54, 1.807) is 6.20 Å². The maximum Gasteiger partial charge on any atom is 0.146 e. The van der Waals surface area contributed by atoms with Crippen molar-refractivity contribution < 1.29 is 0 Å². The summed E-state index contributed by atoms with van der Waals surface area (Å²) in [5, 5.41) is 1.45. The first-order valence-electron chi connectivity index (χ1n) is 4.15. The molecule has 0 aromatic rings. The standard InChI is InChI=1S/C10H17N3/c1-5-7-10(12-9(3)4)13(11)8-6-2/h5-8H,3,11H2,1-2,4H3/b7-5-,8-6-,12-10?. The van der Waals surface area contributed by atoms with E-state index >= 15 is 0 Å². The molecule has 3 heteroatoms. The van der Waals surface area contributed by atoms with E-state index in [0.717, 1.165) is 5.70 Å². The van der Waals surface area contributed by atoms with Gasteiger partial charge in [-0.25, -0.2) is 10.8 Å². The number of nitrogens with zero attached hydrogens (tertiary/aromatic N) is 2. The van der Waals surface area contributed by atoms with Crippen molar-refractivity contribution in [3.8, 4) is 0 Å². The number of amidine groups is 1. The van der Waals surface area contributed by atoms with Crippen molar-refractivity contribution in [3.63, 3.8) is 0 Å². The molecule has 0 spiro atoms. The highest BCUT2D eigenvalue weighted by Crippen LogP contribution is 1.96. The Hall–Kier alpha value is -1.35. The Bertz CT molecular complexity index is 249. The third-order valence-electron chi connectivity index (χ3n) is 1.20. The Kier molecular flexibility index (Phi) is 5.55. The summed E-state index contributed by atoms with van der Waals surface area (Å²) in [6.45, 7) is 9.33. The van der Waals surface area contributed by atoms with Crippen LogP contribution in [0.3, 0.4) is 0 Å². The zero-order chi connectivity index (χ0) is 10.3. The van der Waals surface area contributed by atoms with Gasteiger partial charge in [0, 0.05) is 11.9 Å². The fraction of sp³-hybridized carbons (Fsp3) is 0.300. The van der Waals surface area contributed by atoms with Crippen molar-refractivity contribution >= 4 is 5.84 Å². The van der Waals surface area contributed by atoms with Crippen LogP contribution in [0, 0.1) is 0 Å². The Balaban J connectivity index is 4.69. The van der Waals surface area contributed by atoms with Gasteiger partial charge in [0.1, 0.15) is 5.84 Å². The van der Waals surface area contributed by atoms with Crippen LogP contribution in [-0.2, 0) is 0 Å². The Morgan fingerprint density at radius 2 is 2.00 bits per heavy atom. The summed E-state index contributed by atoms with van der Waals surface area (Å²) in [5.41, 5.74) is 0.730. The lowest BCUT2D eigenvalue weighted by atomic mass is 10.4. The van der Waals surface area contributed by atoms with E-state index in [4.69, 9.17) is 5.84 Å². The maximum atomic E-state index is 5.69. The fourth-order valence-corrected chi connectivity index (χ4v) is 0.763. The van der Waals surface area contributed by atoms with Crippen LogP contribution in [0.1, 0.15) is 20.8 Å². The monoisotopic (exact) mass is 179 g/mol. The normalized spacial score (nSPS) is 12.8. The van der Waals surface area contributed by atoms with Crippen molar-refractivity contribution in [2.45, 2.75) is 20.8 Å². The number of hydrogen-bond donors (Lipinski definition) is 1. The van der Waals surface area contributed by atoms with Gasteiger partial charge in [-0.1, -0.05) is 18.7 Å². The zero-order valence-electron chi connectivity index (χ0n) is 8.49. The van der Waals surface area contributed by atoms with Crippen LogP contribution >= 0.6 is 0 Å². The average Bonchev–Trinajstić information content (AvgIpc) is 2.03. The fourth-order valence-electron chi connectivity index (χ4n) is 0.763. The van der Waals surface area contributed by atoms with Crippen molar-refractivity contribution in [3.05, 3.63) is 36.7 Å². The highest BCUT2D eigenvalue weighted by atomic mass is 15.4. The summed E-state index contributed by atoms with van der Waals surface area (Å²) in [6, 6.07) is 0. The van der Waals surface area contributed by atoms with Crippen LogP contribution in [-0.4, -0.2) is 10.8 Å². The molecule has 0 unspecified atom stereocenters. The van der Waals surface area contributed by atoms with E-state index in [1.165, 1.54) is 5.01 Å². The molecule has 0 aromatic heterocycles. The van der Waals surface area contributed by atoms with Gasteiger partial charge in [-0.2, -0.15) is 0 Å². The zero-order valence-corrected chi connectivity index (χ0v) is 8.49. The molecule has 0 atom stereocenters. The number of hydrazine groups is 1. The smallest absolute Gasteiger partial charge is 0.146 e. The lowest BCUT2D eigenvalue weighted by Gasteiger charge is -2.12. The molecular formula is C10H17N3. The molecule has 0 bridgehead atoms. The quantitative estimate of drug-likeness (QED) is 0.312. The summed E-state index contributed by atoms with van der Waals surface area (Å²) in [6.07, 6.45) is 7.29. The number of allylic oxidation sites excluding steroid dienone is 3.